The molecule has 0 spiro atoms. The van der Waals surface area contributed by atoms with Crippen LogP contribution in [0.5, 0.6) is 0 Å². The summed E-state index contributed by atoms with van der Waals surface area (Å²) in [5.41, 5.74) is 0. The lowest BCUT2D eigenvalue weighted by Crippen LogP contribution is -1.67. The molecule has 0 aliphatic heterocycles. The third kappa shape index (κ3) is 0.617. The summed E-state index contributed by atoms with van der Waals surface area (Å²) in [4.78, 5) is 0. The van der Waals surface area contributed by atoms with Crippen molar-refractivity contribution >= 4 is 0 Å². The van der Waals surface area contributed by atoms with Gasteiger partial charge in [0, 0.05) is 0 Å². The van der Waals surface area contributed by atoms with E-state index in [1.165, 1.54) is 0 Å². The third-order valence-corrected chi connectivity index (χ3v) is 1.47. The highest BCUT2D eigenvalue weighted by Gasteiger charge is 2.51. The van der Waals surface area contributed by atoms with Crippen LogP contribution in [0.15, 0.2) is 0 Å². The number of nitrogens with zero attached hydrogens (tertiary/aromatic N) is 3. The van der Waals surface area contributed by atoms with E-state index in [4.69, 9.17) is 15.8 Å². The third-order valence-electron chi connectivity index (χ3n) is 1.47. The van der Waals surface area contributed by atoms with E-state index in [1.807, 2.05) is 18.2 Å². The minimum absolute atomic E-state index is 0.319. The zero-order chi connectivity index (χ0) is 6.85. The smallest absolute Gasteiger partial charge is 0.0806 e. The van der Waals surface area contributed by atoms with Gasteiger partial charge in [-0.15, -0.1) is 0 Å². The van der Waals surface area contributed by atoms with Gasteiger partial charge in [0.2, 0.25) is 0 Å². The Bertz CT molecular complexity index is 188. The lowest BCUT2D eigenvalue weighted by Gasteiger charge is -1.61. The van der Waals surface area contributed by atoms with E-state index >= 15 is 0 Å². The van der Waals surface area contributed by atoms with Crippen molar-refractivity contribution in [1.82, 2.24) is 0 Å². The molecule has 0 unspecified atom stereocenters. The van der Waals surface area contributed by atoms with Crippen LogP contribution in [-0.4, -0.2) is 0 Å². The minimum Gasteiger partial charge on any atom is -0.198 e. The van der Waals surface area contributed by atoms with Crippen LogP contribution in [0.1, 0.15) is 0 Å². The topological polar surface area (TPSA) is 71.4 Å². The van der Waals surface area contributed by atoms with Crippen molar-refractivity contribution in [1.29, 1.82) is 15.8 Å². The van der Waals surface area contributed by atoms with Crippen molar-refractivity contribution in [2.45, 2.75) is 0 Å². The van der Waals surface area contributed by atoms with E-state index in [9.17, 15) is 0 Å². The number of hydrogen-bond acceptors (Lipinski definition) is 3. The fourth-order valence-electron chi connectivity index (χ4n) is 0.793. The van der Waals surface area contributed by atoms with Crippen molar-refractivity contribution < 1.29 is 0 Å². The van der Waals surface area contributed by atoms with Gasteiger partial charge in [-0.2, -0.15) is 15.8 Å². The van der Waals surface area contributed by atoms with Gasteiger partial charge in [0.25, 0.3) is 0 Å². The number of nitriles is 3. The van der Waals surface area contributed by atoms with Gasteiger partial charge in [0.15, 0.2) is 0 Å². The summed E-state index contributed by atoms with van der Waals surface area (Å²) in [6.07, 6.45) is 0. The zero-order valence-corrected chi connectivity index (χ0v) is 4.57. The molecule has 1 aliphatic carbocycles. The molecule has 1 aliphatic rings. The zero-order valence-electron chi connectivity index (χ0n) is 4.57. The van der Waals surface area contributed by atoms with Gasteiger partial charge in [0.1, 0.15) is 0 Å². The molecule has 0 bridgehead atoms. The Balaban J connectivity index is 2.63. The highest BCUT2D eigenvalue weighted by Crippen LogP contribution is 2.44. The van der Waals surface area contributed by atoms with E-state index in [2.05, 4.69) is 0 Å². The molecule has 0 aromatic rings. The molecular formula is C6H3N3. The first kappa shape index (κ1) is 5.60. The van der Waals surface area contributed by atoms with Crippen molar-refractivity contribution in [3.8, 4) is 18.2 Å². The molecule has 1 saturated carbocycles. The van der Waals surface area contributed by atoms with E-state index in [-0.39, 0.29) is 17.8 Å². The summed E-state index contributed by atoms with van der Waals surface area (Å²) in [5.74, 6) is -0.958. The molecule has 1 rings (SSSR count). The van der Waals surface area contributed by atoms with Gasteiger partial charge in [-0.25, -0.2) is 0 Å². The second-order valence-electron chi connectivity index (χ2n) is 1.96. The molecule has 42 valence electrons. The van der Waals surface area contributed by atoms with Gasteiger partial charge < -0.3 is 0 Å². The standard InChI is InChI=1S/C6H3N3/c7-1-4-5(2-8)6(4)3-9/h4-6H. The molecule has 0 heterocycles. The Kier molecular flexibility index (Phi) is 1.10. The number of hydrogen-bond donors (Lipinski definition) is 0. The predicted molar refractivity (Wildman–Crippen MR) is 27.3 cm³/mol. The van der Waals surface area contributed by atoms with Gasteiger partial charge >= 0.3 is 0 Å². The quantitative estimate of drug-likeness (QED) is 0.461. The van der Waals surface area contributed by atoms with E-state index in [1.54, 1.807) is 0 Å². The molecule has 9 heavy (non-hydrogen) atoms. The summed E-state index contributed by atoms with van der Waals surface area (Å²) in [6, 6.07) is 5.69. The first-order valence-corrected chi connectivity index (χ1v) is 2.54. The maximum absolute atomic E-state index is 8.26. The van der Waals surface area contributed by atoms with Crippen LogP contribution in [-0.2, 0) is 0 Å². The van der Waals surface area contributed by atoms with E-state index < -0.39 is 0 Å². The molecule has 0 amide bonds. The van der Waals surface area contributed by atoms with Crippen LogP contribution >= 0.6 is 0 Å². The first-order valence-electron chi connectivity index (χ1n) is 2.54. The monoisotopic (exact) mass is 117 g/mol. The molecular weight excluding hydrogens is 114 g/mol. The van der Waals surface area contributed by atoms with Crippen LogP contribution in [0.25, 0.3) is 0 Å². The molecule has 0 radical (unpaired) electrons. The Labute approximate surface area is 52.7 Å². The minimum atomic E-state index is -0.319. The summed E-state index contributed by atoms with van der Waals surface area (Å²) >= 11 is 0. The average Bonchev–Trinajstić information content (AvgIpc) is 2.59. The fourth-order valence-corrected chi connectivity index (χ4v) is 0.793. The summed E-state index contributed by atoms with van der Waals surface area (Å²) in [7, 11) is 0. The summed E-state index contributed by atoms with van der Waals surface area (Å²) in [5, 5.41) is 24.8. The van der Waals surface area contributed by atoms with Crippen molar-refractivity contribution in [2.24, 2.45) is 17.8 Å². The summed E-state index contributed by atoms with van der Waals surface area (Å²) in [6.45, 7) is 0. The lowest BCUT2D eigenvalue weighted by atomic mass is 10.4. The second-order valence-corrected chi connectivity index (χ2v) is 1.96. The Hall–Kier alpha value is -1.53. The normalized spacial score (nSPS) is 37.7. The van der Waals surface area contributed by atoms with Crippen LogP contribution in [0.4, 0.5) is 0 Å². The van der Waals surface area contributed by atoms with Gasteiger partial charge in [-0.05, 0) is 0 Å². The molecule has 0 saturated heterocycles. The van der Waals surface area contributed by atoms with Crippen LogP contribution in [0.3, 0.4) is 0 Å². The Morgan fingerprint density at radius 2 is 0.889 bits per heavy atom. The molecule has 3 heteroatoms. The molecule has 1 fully saturated rings. The highest BCUT2D eigenvalue weighted by atomic mass is 14.5. The molecule has 0 aromatic heterocycles. The van der Waals surface area contributed by atoms with E-state index in [0.29, 0.717) is 0 Å². The van der Waals surface area contributed by atoms with Gasteiger partial charge in [-0.1, -0.05) is 0 Å². The molecule has 0 atom stereocenters. The van der Waals surface area contributed by atoms with Gasteiger partial charge in [0.05, 0.1) is 36.0 Å². The Morgan fingerprint density at radius 1 is 0.667 bits per heavy atom. The van der Waals surface area contributed by atoms with Crippen LogP contribution in [0, 0.1) is 51.7 Å². The lowest BCUT2D eigenvalue weighted by molar-refractivity contribution is 1.02. The summed E-state index contributed by atoms with van der Waals surface area (Å²) < 4.78 is 0. The molecule has 0 aromatic carbocycles. The predicted octanol–water partition coefficient (Wildman–Crippen LogP) is 0.419. The second kappa shape index (κ2) is 1.77. The van der Waals surface area contributed by atoms with Crippen LogP contribution < -0.4 is 0 Å². The van der Waals surface area contributed by atoms with E-state index in [0.717, 1.165) is 0 Å². The van der Waals surface area contributed by atoms with Crippen molar-refractivity contribution in [3.05, 3.63) is 0 Å². The maximum Gasteiger partial charge on any atom is 0.0806 e. The van der Waals surface area contributed by atoms with Gasteiger partial charge in [-0.3, -0.25) is 0 Å². The molecule has 0 N–H and O–H groups in total. The molecule has 3 nitrogen and oxygen atoms in total. The largest absolute Gasteiger partial charge is 0.198 e. The van der Waals surface area contributed by atoms with Crippen molar-refractivity contribution in [2.75, 3.05) is 0 Å². The SMILES string of the molecule is N#CC1C(C#N)C1C#N. The highest BCUT2D eigenvalue weighted by molar-refractivity contribution is 5.24. The maximum atomic E-state index is 8.26. The Morgan fingerprint density at radius 3 is 1.00 bits per heavy atom. The first-order chi connectivity index (χ1) is 4.35. The van der Waals surface area contributed by atoms with Crippen LogP contribution in [0.2, 0.25) is 0 Å². The average molecular weight is 117 g/mol. The number of rotatable bonds is 0. The fraction of sp³-hybridized carbons (Fsp3) is 0.500. The van der Waals surface area contributed by atoms with Crippen molar-refractivity contribution in [3.63, 3.8) is 0 Å².